The van der Waals surface area contributed by atoms with Crippen molar-refractivity contribution in [2.45, 2.75) is 36.2 Å². The summed E-state index contributed by atoms with van der Waals surface area (Å²) < 4.78 is 16.8. The Morgan fingerprint density at radius 3 is 2.56 bits per heavy atom. The van der Waals surface area contributed by atoms with E-state index in [2.05, 4.69) is 23.5 Å². The van der Waals surface area contributed by atoms with Crippen molar-refractivity contribution in [1.29, 1.82) is 0 Å². The number of hydrogen-bond donors (Lipinski definition) is 0. The monoisotopic (exact) mass is 378 g/mol. The minimum Gasteiger partial charge on any atom is -0.454 e. The van der Waals surface area contributed by atoms with Crippen molar-refractivity contribution in [3.05, 3.63) is 18.2 Å². The van der Waals surface area contributed by atoms with Gasteiger partial charge in [-0.2, -0.15) is 0 Å². The average Bonchev–Trinajstić information content (AvgIpc) is 3.24. The first-order valence-corrected chi connectivity index (χ1v) is 11.1. The molecule has 3 atom stereocenters. The third-order valence-corrected chi connectivity index (χ3v) is 10.0. The highest BCUT2D eigenvalue weighted by Crippen LogP contribution is 2.64. The van der Waals surface area contributed by atoms with Crippen LogP contribution in [0, 0.1) is 17.8 Å². The molecule has 1 unspecified atom stereocenters. The maximum atomic E-state index is 12.8. The number of fused-ring (bicyclic) bond motifs is 1. The van der Waals surface area contributed by atoms with E-state index in [9.17, 15) is 4.79 Å². The minimum atomic E-state index is -0.0707. The highest BCUT2D eigenvalue weighted by atomic mass is 32.2. The molecule has 134 valence electrons. The molecule has 25 heavy (non-hydrogen) atoms. The molecular formula is C19H22O4S2. The van der Waals surface area contributed by atoms with E-state index in [0.29, 0.717) is 33.2 Å². The van der Waals surface area contributed by atoms with E-state index in [1.807, 2.05) is 0 Å². The Morgan fingerprint density at radius 1 is 1.08 bits per heavy atom. The quantitative estimate of drug-likeness (QED) is 0.564. The Morgan fingerprint density at radius 2 is 1.80 bits per heavy atom. The molecule has 1 aromatic rings. The summed E-state index contributed by atoms with van der Waals surface area (Å²) in [7, 11) is 0. The van der Waals surface area contributed by atoms with Crippen LogP contribution in [0.5, 0.6) is 17.2 Å². The van der Waals surface area contributed by atoms with Crippen molar-refractivity contribution in [3.63, 3.8) is 0 Å². The molecule has 0 aromatic heterocycles. The van der Waals surface area contributed by atoms with Crippen LogP contribution in [0.2, 0.25) is 0 Å². The van der Waals surface area contributed by atoms with Crippen LogP contribution in [0.1, 0.15) is 32.1 Å². The predicted octanol–water partition coefficient (Wildman–Crippen LogP) is 4.32. The highest BCUT2D eigenvalue weighted by Gasteiger charge is 2.55. The topological polar surface area (TPSA) is 44.8 Å². The van der Waals surface area contributed by atoms with Gasteiger partial charge in [0.2, 0.25) is 6.79 Å². The zero-order chi connectivity index (χ0) is 16.9. The first-order chi connectivity index (χ1) is 12.2. The molecule has 0 radical (unpaired) electrons. The molecule has 2 saturated carbocycles. The van der Waals surface area contributed by atoms with Crippen molar-refractivity contribution in [2.75, 3.05) is 18.3 Å². The Hall–Kier alpha value is -1.01. The number of esters is 1. The normalized spacial score (nSPS) is 31.9. The number of rotatable bonds is 2. The van der Waals surface area contributed by atoms with Crippen LogP contribution < -0.4 is 14.2 Å². The van der Waals surface area contributed by atoms with E-state index >= 15 is 0 Å². The third-order valence-electron chi connectivity index (χ3n) is 6.02. The summed E-state index contributed by atoms with van der Waals surface area (Å²) >= 11 is 4.34. The summed E-state index contributed by atoms with van der Waals surface area (Å²) in [5.41, 5.74) is 0. The van der Waals surface area contributed by atoms with Gasteiger partial charge in [0.25, 0.3) is 0 Å². The van der Waals surface area contributed by atoms with Gasteiger partial charge in [0.15, 0.2) is 11.5 Å². The van der Waals surface area contributed by atoms with Gasteiger partial charge in [0.05, 0.1) is 10.00 Å². The van der Waals surface area contributed by atoms with E-state index in [0.717, 1.165) is 12.8 Å². The highest BCUT2D eigenvalue weighted by molar-refractivity contribution is 8.21. The largest absolute Gasteiger partial charge is 0.454 e. The molecule has 2 aliphatic heterocycles. The summed E-state index contributed by atoms with van der Waals surface area (Å²) in [6, 6.07) is 5.36. The molecule has 3 fully saturated rings. The minimum absolute atomic E-state index is 0.0353. The van der Waals surface area contributed by atoms with Crippen LogP contribution >= 0.6 is 23.5 Å². The van der Waals surface area contributed by atoms with Crippen LogP contribution in [0.15, 0.2) is 18.2 Å². The Bertz CT molecular complexity index is 670. The van der Waals surface area contributed by atoms with E-state index < -0.39 is 0 Å². The molecule has 1 saturated heterocycles. The molecule has 5 rings (SSSR count). The molecule has 1 spiro atoms. The van der Waals surface area contributed by atoms with Crippen LogP contribution in [0.25, 0.3) is 0 Å². The molecule has 0 amide bonds. The summed E-state index contributed by atoms with van der Waals surface area (Å²) in [5.74, 6) is 5.75. The van der Waals surface area contributed by atoms with Gasteiger partial charge < -0.3 is 14.2 Å². The lowest BCUT2D eigenvalue weighted by atomic mass is 9.67. The van der Waals surface area contributed by atoms with Crippen molar-refractivity contribution in [3.8, 4) is 17.2 Å². The SMILES string of the molecule is O=C(Oc1ccc2c(c1)OCO2)C1C[C@H]2CCC[C@@H](C1)C21SCCS1. The summed E-state index contributed by atoms with van der Waals surface area (Å²) in [4.78, 5) is 12.8. The van der Waals surface area contributed by atoms with Gasteiger partial charge in [0.1, 0.15) is 5.75 Å². The molecular weight excluding hydrogens is 356 g/mol. The first kappa shape index (κ1) is 16.2. The van der Waals surface area contributed by atoms with Gasteiger partial charge in [-0.1, -0.05) is 6.42 Å². The van der Waals surface area contributed by atoms with Crippen molar-refractivity contribution >= 4 is 29.5 Å². The zero-order valence-electron chi connectivity index (χ0n) is 14.1. The standard InChI is InChI=1S/C19H22O4S2/c20-18(23-15-4-5-16-17(10-15)22-11-21-16)12-8-13-2-1-3-14(9-12)19(13)24-6-7-25-19/h4-5,10,12-14H,1-3,6-9,11H2/t12?,13-,14+. The number of thioether (sulfide) groups is 2. The van der Waals surface area contributed by atoms with Gasteiger partial charge in [-0.25, -0.2) is 0 Å². The molecule has 6 heteroatoms. The molecule has 2 bridgehead atoms. The molecule has 2 aliphatic carbocycles. The van der Waals surface area contributed by atoms with Gasteiger partial charge in [0, 0.05) is 17.6 Å². The maximum absolute atomic E-state index is 12.8. The van der Waals surface area contributed by atoms with E-state index in [-0.39, 0.29) is 18.7 Å². The van der Waals surface area contributed by atoms with Crippen LogP contribution in [-0.4, -0.2) is 28.3 Å². The Kier molecular flexibility index (Phi) is 4.08. The molecule has 4 nitrogen and oxygen atoms in total. The van der Waals surface area contributed by atoms with Crippen LogP contribution in [0.3, 0.4) is 0 Å². The summed E-state index contributed by atoms with van der Waals surface area (Å²) in [6.45, 7) is 0.232. The van der Waals surface area contributed by atoms with Gasteiger partial charge in [-0.05, 0) is 49.7 Å². The Balaban J connectivity index is 1.30. The van der Waals surface area contributed by atoms with Crippen molar-refractivity contribution in [2.24, 2.45) is 17.8 Å². The fourth-order valence-electron chi connectivity index (χ4n) is 4.94. The average molecular weight is 379 g/mol. The third kappa shape index (κ3) is 2.72. The van der Waals surface area contributed by atoms with Crippen LogP contribution in [0.4, 0.5) is 0 Å². The smallest absolute Gasteiger partial charge is 0.314 e. The second kappa shape index (κ2) is 6.31. The lowest BCUT2D eigenvalue weighted by molar-refractivity contribution is -0.141. The second-order valence-corrected chi connectivity index (χ2v) is 10.4. The van der Waals surface area contributed by atoms with Gasteiger partial charge in [-0.15, -0.1) is 23.5 Å². The summed E-state index contributed by atoms with van der Waals surface area (Å²) in [5, 5.41) is 0. The number of carbonyl (C=O) groups excluding carboxylic acids is 1. The second-order valence-electron chi connectivity index (χ2n) is 7.35. The predicted molar refractivity (Wildman–Crippen MR) is 99.4 cm³/mol. The van der Waals surface area contributed by atoms with E-state index in [4.69, 9.17) is 14.2 Å². The Labute approximate surface area is 156 Å². The van der Waals surface area contributed by atoms with Crippen molar-refractivity contribution < 1.29 is 19.0 Å². The fourth-order valence-corrected chi connectivity index (χ4v) is 8.88. The van der Waals surface area contributed by atoms with Gasteiger partial charge >= 0.3 is 5.97 Å². The van der Waals surface area contributed by atoms with Crippen molar-refractivity contribution in [1.82, 2.24) is 0 Å². The molecule has 4 aliphatic rings. The molecule has 1 aromatic carbocycles. The maximum Gasteiger partial charge on any atom is 0.314 e. The lowest BCUT2D eigenvalue weighted by Gasteiger charge is -2.51. The zero-order valence-corrected chi connectivity index (χ0v) is 15.7. The number of ether oxygens (including phenoxy) is 3. The summed E-state index contributed by atoms with van der Waals surface area (Å²) in [6.07, 6.45) is 5.83. The van der Waals surface area contributed by atoms with Gasteiger partial charge in [-0.3, -0.25) is 4.79 Å². The molecule has 0 N–H and O–H groups in total. The number of hydrogen-bond acceptors (Lipinski definition) is 6. The molecule has 2 heterocycles. The van der Waals surface area contributed by atoms with Crippen LogP contribution in [-0.2, 0) is 4.79 Å². The van der Waals surface area contributed by atoms with E-state index in [1.54, 1.807) is 18.2 Å². The number of carbonyl (C=O) groups is 1. The lowest BCUT2D eigenvalue weighted by Crippen LogP contribution is -2.48. The first-order valence-electron chi connectivity index (χ1n) is 9.14. The number of benzene rings is 1. The fraction of sp³-hybridized carbons (Fsp3) is 0.632. The van der Waals surface area contributed by atoms with E-state index in [1.165, 1.54) is 30.8 Å².